The van der Waals surface area contributed by atoms with E-state index < -0.39 is 0 Å². The summed E-state index contributed by atoms with van der Waals surface area (Å²) in [5, 5.41) is 4.02. The lowest BCUT2D eigenvalue weighted by Gasteiger charge is -2.11. The van der Waals surface area contributed by atoms with Crippen molar-refractivity contribution in [2.45, 2.75) is 13.2 Å². The third kappa shape index (κ3) is 6.93. The number of methoxy groups -OCH3 is 1. The largest absolute Gasteiger partial charge is 1.00 e. The summed E-state index contributed by atoms with van der Waals surface area (Å²) in [4.78, 5) is 11.9. The number of benzene rings is 2. The zero-order chi connectivity index (χ0) is 19.6. The number of halogens is 1. The highest BCUT2D eigenvalue weighted by Crippen LogP contribution is 2.28. The predicted molar refractivity (Wildman–Crippen MR) is 106 cm³/mol. The Kier molecular flexibility index (Phi) is 8.66. The molecule has 3 aromatic rings. The molecule has 7 heteroatoms. The first kappa shape index (κ1) is 21.9. The van der Waals surface area contributed by atoms with Crippen molar-refractivity contribution in [2.24, 2.45) is 5.10 Å². The van der Waals surface area contributed by atoms with E-state index in [1.54, 1.807) is 17.9 Å². The molecule has 0 aliphatic heterocycles. The molecule has 1 aromatic heterocycles. The van der Waals surface area contributed by atoms with Crippen LogP contribution in [0.25, 0.3) is 0 Å². The Morgan fingerprint density at radius 1 is 1.03 bits per heavy atom. The zero-order valence-corrected chi connectivity index (χ0v) is 16.8. The first-order valence-corrected chi connectivity index (χ1v) is 8.85. The average molecular weight is 412 g/mol. The smallest absolute Gasteiger partial charge is 0.305 e. The molecule has 0 aliphatic carbocycles. The molecular weight excluding hydrogens is 390 g/mol. The first-order chi connectivity index (χ1) is 13.7. The highest BCUT2D eigenvalue weighted by atomic mass is 35.5. The monoisotopic (exact) mass is 411 g/mol. The van der Waals surface area contributed by atoms with Crippen molar-refractivity contribution in [3.8, 4) is 11.5 Å². The minimum Gasteiger partial charge on any atom is -1.00 e. The molecule has 0 aliphatic rings. The summed E-state index contributed by atoms with van der Waals surface area (Å²) >= 11 is 0. The molecule has 1 heterocycles. The van der Waals surface area contributed by atoms with Crippen LogP contribution in [-0.2, 0) is 17.9 Å². The molecule has 2 aromatic carbocycles. The van der Waals surface area contributed by atoms with Gasteiger partial charge in [0.25, 0.3) is 0 Å². The quantitative estimate of drug-likeness (QED) is 0.315. The summed E-state index contributed by atoms with van der Waals surface area (Å²) in [6.45, 7) is 0.634. The summed E-state index contributed by atoms with van der Waals surface area (Å²) in [5.41, 5.74) is 4.38. The van der Waals surface area contributed by atoms with Crippen LogP contribution in [0.5, 0.6) is 11.5 Å². The Morgan fingerprint density at radius 3 is 2.48 bits per heavy atom. The normalized spacial score (nSPS) is 10.2. The summed E-state index contributed by atoms with van der Waals surface area (Å²) in [6.07, 6.45) is 5.22. The van der Waals surface area contributed by atoms with Crippen LogP contribution in [0.1, 0.15) is 11.1 Å². The molecule has 0 saturated heterocycles. The topological polar surface area (TPSA) is 63.8 Å². The van der Waals surface area contributed by atoms with E-state index in [0.29, 0.717) is 18.1 Å². The fourth-order valence-corrected chi connectivity index (χ4v) is 2.54. The van der Waals surface area contributed by atoms with Crippen LogP contribution in [0.3, 0.4) is 0 Å². The lowest BCUT2D eigenvalue weighted by molar-refractivity contribution is -0.684. The van der Waals surface area contributed by atoms with Gasteiger partial charge in [0.1, 0.15) is 6.61 Å². The van der Waals surface area contributed by atoms with Gasteiger partial charge in [-0.25, -0.2) is 5.43 Å². The number of hydrogen-bond donors (Lipinski definition) is 1. The van der Waals surface area contributed by atoms with Crippen molar-refractivity contribution in [1.29, 1.82) is 0 Å². The highest BCUT2D eigenvalue weighted by molar-refractivity contribution is 5.83. The maximum atomic E-state index is 11.9. The summed E-state index contributed by atoms with van der Waals surface area (Å²) < 4.78 is 13.0. The van der Waals surface area contributed by atoms with Gasteiger partial charge < -0.3 is 21.9 Å². The van der Waals surface area contributed by atoms with Gasteiger partial charge in [-0.2, -0.15) is 9.67 Å². The van der Waals surface area contributed by atoms with Crippen molar-refractivity contribution in [1.82, 2.24) is 5.43 Å². The molecule has 6 nitrogen and oxygen atoms in total. The van der Waals surface area contributed by atoms with Crippen LogP contribution in [0.4, 0.5) is 0 Å². The lowest BCUT2D eigenvalue weighted by atomic mass is 10.2. The third-order valence-corrected chi connectivity index (χ3v) is 3.93. The highest BCUT2D eigenvalue weighted by Gasteiger charge is 2.08. The molecule has 0 fully saturated rings. The number of pyridine rings is 1. The van der Waals surface area contributed by atoms with E-state index in [1.807, 2.05) is 79.1 Å². The number of rotatable bonds is 8. The fourth-order valence-electron chi connectivity index (χ4n) is 2.54. The van der Waals surface area contributed by atoms with Crippen molar-refractivity contribution in [3.63, 3.8) is 0 Å². The Morgan fingerprint density at radius 2 is 1.76 bits per heavy atom. The van der Waals surface area contributed by atoms with Crippen molar-refractivity contribution in [3.05, 3.63) is 90.3 Å². The van der Waals surface area contributed by atoms with E-state index in [4.69, 9.17) is 9.47 Å². The van der Waals surface area contributed by atoms with Crippen LogP contribution >= 0.6 is 0 Å². The molecule has 0 saturated carbocycles. The van der Waals surface area contributed by atoms with Crippen LogP contribution < -0.4 is 31.9 Å². The first-order valence-electron chi connectivity index (χ1n) is 8.85. The van der Waals surface area contributed by atoms with E-state index in [-0.39, 0.29) is 24.9 Å². The summed E-state index contributed by atoms with van der Waals surface area (Å²) in [7, 11) is 1.60. The molecule has 0 unspecified atom stereocenters. The van der Waals surface area contributed by atoms with Gasteiger partial charge in [-0.05, 0) is 29.3 Å². The van der Waals surface area contributed by atoms with E-state index in [1.165, 1.54) is 0 Å². The van der Waals surface area contributed by atoms with Gasteiger partial charge in [0.2, 0.25) is 6.54 Å². The van der Waals surface area contributed by atoms with Crippen LogP contribution in [-0.4, -0.2) is 19.2 Å². The fraction of sp³-hybridized carbons (Fsp3) is 0.136. The van der Waals surface area contributed by atoms with Crippen molar-refractivity contribution in [2.75, 3.05) is 7.11 Å². The van der Waals surface area contributed by atoms with E-state index in [9.17, 15) is 4.79 Å². The zero-order valence-electron chi connectivity index (χ0n) is 16.0. The Hall–Kier alpha value is -3.38. The minimum absolute atomic E-state index is 0. The number of ether oxygens (including phenoxy) is 2. The predicted octanol–water partition coefficient (Wildman–Crippen LogP) is -0.284. The number of hydrogen-bond acceptors (Lipinski definition) is 4. The summed E-state index contributed by atoms with van der Waals surface area (Å²) in [5.74, 6) is 1.04. The molecular formula is C22H22ClN3O3. The average Bonchev–Trinajstić information content (AvgIpc) is 2.74. The molecule has 0 radical (unpaired) electrons. The van der Waals surface area contributed by atoms with Gasteiger partial charge in [0.05, 0.1) is 13.3 Å². The standard InChI is InChI=1S/C22H21N3O3.ClH/c1-27-20-11-10-19(14-21(20)28-17-18-8-4-2-5-9-18)15-23-24-22(26)16-25-12-6-3-7-13-25;/h2-15H,16-17H2,1H3;1H/b23-15-;. The number of nitrogens with zero attached hydrogens (tertiary/aromatic N) is 2. The molecule has 0 bridgehead atoms. The maximum Gasteiger partial charge on any atom is 0.305 e. The number of amides is 1. The van der Waals surface area contributed by atoms with E-state index >= 15 is 0 Å². The van der Waals surface area contributed by atoms with E-state index in [0.717, 1.165) is 11.1 Å². The molecule has 29 heavy (non-hydrogen) atoms. The Bertz CT molecular complexity index is 935. The second kappa shape index (κ2) is 11.5. The maximum absolute atomic E-state index is 11.9. The third-order valence-electron chi connectivity index (χ3n) is 3.93. The van der Waals surface area contributed by atoms with Crippen molar-refractivity contribution >= 4 is 12.1 Å². The van der Waals surface area contributed by atoms with Gasteiger partial charge in [-0.15, -0.1) is 0 Å². The van der Waals surface area contributed by atoms with Gasteiger partial charge in [-0.3, -0.25) is 4.79 Å². The van der Waals surface area contributed by atoms with Crippen molar-refractivity contribution < 1.29 is 31.2 Å². The van der Waals surface area contributed by atoms with Gasteiger partial charge in [0.15, 0.2) is 23.9 Å². The molecule has 0 spiro atoms. The second-order valence-electron chi connectivity index (χ2n) is 6.03. The number of aromatic nitrogens is 1. The molecule has 150 valence electrons. The number of carbonyl (C=O) groups excluding carboxylic acids is 1. The number of carbonyl (C=O) groups is 1. The van der Waals surface area contributed by atoms with Crippen LogP contribution in [0.2, 0.25) is 0 Å². The molecule has 1 amide bonds. The van der Waals surface area contributed by atoms with Gasteiger partial charge in [0, 0.05) is 12.1 Å². The van der Waals surface area contributed by atoms with Gasteiger partial charge in [-0.1, -0.05) is 36.4 Å². The Labute approximate surface area is 176 Å². The molecule has 3 rings (SSSR count). The Balaban J connectivity index is 0.00000300. The van der Waals surface area contributed by atoms with Crippen LogP contribution in [0, 0.1) is 0 Å². The molecule has 1 N–H and O–H groups in total. The summed E-state index contributed by atoms with van der Waals surface area (Å²) in [6, 6.07) is 21.0. The van der Waals surface area contributed by atoms with Crippen LogP contribution in [0.15, 0.2) is 84.2 Å². The van der Waals surface area contributed by atoms with Gasteiger partial charge >= 0.3 is 5.91 Å². The van der Waals surface area contributed by atoms with E-state index in [2.05, 4.69) is 10.5 Å². The lowest BCUT2D eigenvalue weighted by Crippen LogP contribution is -3.00. The SMILES string of the molecule is COc1ccc(/C=N\NC(=O)C[n+]2ccccc2)cc1OCc1ccccc1.[Cl-]. The minimum atomic E-state index is -0.207. The number of nitrogens with one attached hydrogen (secondary N) is 1. The molecule has 0 atom stereocenters. The second-order valence-corrected chi connectivity index (χ2v) is 6.03. The number of hydrazone groups is 1.